The van der Waals surface area contributed by atoms with Gasteiger partial charge < -0.3 is 5.11 Å². The lowest BCUT2D eigenvalue weighted by Crippen LogP contribution is -2.31. The Bertz CT molecular complexity index is 1460. The minimum Gasteiger partial charge on any atom is -0.478 e. The van der Waals surface area contributed by atoms with Crippen LogP contribution in [0, 0.1) is 12.8 Å². The Hall–Kier alpha value is -4.19. The summed E-state index contributed by atoms with van der Waals surface area (Å²) in [6, 6.07) is 23.9. The van der Waals surface area contributed by atoms with Gasteiger partial charge in [-0.25, -0.2) is 14.2 Å². The molecule has 4 aromatic rings. The molecule has 0 fully saturated rings. The second-order valence-corrected chi connectivity index (χ2v) is 9.77. The average molecular weight is 497 g/mol. The third kappa shape index (κ3) is 5.80. The second kappa shape index (κ2) is 11.2. The molecular formula is C31H32N2O4. The number of imidazole rings is 1. The van der Waals surface area contributed by atoms with E-state index in [9.17, 15) is 19.5 Å². The van der Waals surface area contributed by atoms with E-state index in [1.807, 2.05) is 67.6 Å². The van der Waals surface area contributed by atoms with Crippen LogP contribution in [0.3, 0.4) is 0 Å². The molecule has 0 radical (unpaired) electrons. The number of carbonyl (C=O) groups is 2. The van der Waals surface area contributed by atoms with E-state index >= 15 is 0 Å². The number of aromatic carboxylic acids is 1. The first-order chi connectivity index (χ1) is 17.8. The van der Waals surface area contributed by atoms with Gasteiger partial charge in [0, 0.05) is 11.4 Å². The molecule has 0 aliphatic rings. The molecule has 1 heterocycles. The van der Waals surface area contributed by atoms with Gasteiger partial charge in [0.2, 0.25) is 5.91 Å². The quantitative estimate of drug-likeness (QED) is 0.315. The van der Waals surface area contributed by atoms with Crippen molar-refractivity contribution in [2.75, 3.05) is 0 Å². The summed E-state index contributed by atoms with van der Waals surface area (Å²) in [5.41, 5.74) is 4.69. The van der Waals surface area contributed by atoms with E-state index in [2.05, 4.69) is 13.8 Å². The van der Waals surface area contributed by atoms with Crippen LogP contribution < -0.4 is 5.69 Å². The maximum absolute atomic E-state index is 13.5. The third-order valence-electron chi connectivity index (χ3n) is 6.67. The van der Waals surface area contributed by atoms with Crippen molar-refractivity contribution in [2.45, 2.75) is 46.6 Å². The summed E-state index contributed by atoms with van der Waals surface area (Å²) in [4.78, 5) is 38.4. The SMILES string of the molecule is Cc1c(CCC(C)C)n(Cc2ccc(-c3ccccc3C(=O)O)cc2)c(=O)n1C(=O)Cc1ccccc1. The molecule has 0 unspecified atom stereocenters. The van der Waals surface area contributed by atoms with E-state index in [0.717, 1.165) is 28.8 Å². The first-order valence-corrected chi connectivity index (χ1v) is 12.6. The summed E-state index contributed by atoms with van der Waals surface area (Å²) in [6.07, 6.45) is 1.77. The van der Waals surface area contributed by atoms with E-state index in [1.165, 1.54) is 4.57 Å². The van der Waals surface area contributed by atoms with Crippen LogP contribution in [-0.4, -0.2) is 26.1 Å². The first-order valence-electron chi connectivity index (χ1n) is 12.6. The fourth-order valence-electron chi connectivity index (χ4n) is 4.65. The predicted molar refractivity (Wildman–Crippen MR) is 145 cm³/mol. The lowest BCUT2D eigenvalue weighted by atomic mass is 9.98. The molecule has 37 heavy (non-hydrogen) atoms. The van der Waals surface area contributed by atoms with Gasteiger partial charge in [0.1, 0.15) is 0 Å². The van der Waals surface area contributed by atoms with Gasteiger partial charge in [0.05, 0.1) is 18.5 Å². The van der Waals surface area contributed by atoms with E-state index in [-0.39, 0.29) is 23.6 Å². The number of carboxylic acids is 1. The molecule has 1 aromatic heterocycles. The molecule has 4 rings (SSSR count). The molecule has 0 aliphatic heterocycles. The minimum absolute atomic E-state index is 0.160. The number of hydrogen-bond acceptors (Lipinski definition) is 3. The number of benzene rings is 3. The Balaban J connectivity index is 1.67. The van der Waals surface area contributed by atoms with Crippen molar-refractivity contribution < 1.29 is 14.7 Å². The topological polar surface area (TPSA) is 81.3 Å². The smallest absolute Gasteiger partial charge is 0.336 e. The predicted octanol–water partition coefficient (Wildman–Crippen LogP) is 5.84. The van der Waals surface area contributed by atoms with Gasteiger partial charge in [0.25, 0.3) is 0 Å². The summed E-state index contributed by atoms with van der Waals surface area (Å²) < 4.78 is 3.03. The van der Waals surface area contributed by atoms with Crippen LogP contribution in [0.25, 0.3) is 11.1 Å². The summed E-state index contributed by atoms with van der Waals surface area (Å²) in [6.45, 7) is 6.47. The zero-order valence-corrected chi connectivity index (χ0v) is 21.5. The molecule has 6 heteroatoms. The van der Waals surface area contributed by atoms with Crippen LogP contribution in [0.4, 0.5) is 0 Å². The van der Waals surface area contributed by atoms with Crippen molar-refractivity contribution >= 4 is 11.9 Å². The molecule has 0 saturated heterocycles. The van der Waals surface area contributed by atoms with Gasteiger partial charge in [-0.1, -0.05) is 86.6 Å². The van der Waals surface area contributed by atoms with Gasteiger partial charge in [-0.05, 0) is 54.0 Å². The zero-order valence-electron chi connectivity index (χ0n) is 21.5. The van der Waals surface area contributed by atoms with E-state index in [1.54, 1.807) is 22.8 Å². The Morgan fingerprint density at radius 3 is 2.16 bits per heavy atom. The molecule has 190 valence electrons. The molecule has 1 N–H and O–H groups in total. The molecule has 0 spiro atoms. The number of nitrogens with zero attached hydrogens (tertiary/aromatic N) is 2. The molecule has 3 aromatic carbocycles. The summed E-state index contributed by atoms with van der Waals surface area (Å²) in [5.74, 6) is -0.753. The molecule has 6 nitrogen and oxygen atoms in total. The number of hydrogen-bond donors (Lipinski definition) is 1. The standard InChI is InChI=1S/C31H32N2O4/c1-21(2)13-18-28-22(3)33(29(34)19-23-9-5-4-6-10-23)31(37)32(28)20-24-14-16-25(17-15-24)26-11-7-8-12-27(26)30(35)36/h4-12,14-17,21H,13,18-20H2,1-3H3,(H,35,36). The summed E-state index contributed by atoms with van der Waals surface area (Å²) in [7, 11) is 0. The maximum atomic E-state index is 13.5. The van der Waals surface area contributed by atoms with Gasteiger partial charge >= 0.3 is 11.7 Å². The lowest BCUT2D eigenvalue weighted by Gasteiger charge is -2.11. The first kappa shape index (κ1) is 25.9. The minimum atomic E-state index is -0.974. The fraction of sp³-hybridized carbons (Fsp3) is 0.258. The second-order valence-electron chi connectivity index (χ2n) is 9.77. The molecule has 0 atom stereocenters. The summed E-state index contributed by atoms with van der Waals surface area (Å²) in [5, 5.41) is 9.53. The molecular weight excluding hydrogens is 464 g/mol. The van der Waals surface area contributed by atoms with Crippen molar-refractivity contribution in [3.63, 3.8) is 0 Å². The van der Waals surface area contributed by atoms with Gasteiger partial charge in [-0.2, -0.15) is 0 Å². The van der Waals surface area contributed by atoms with Crippen molar-refractivity contribution in [1.29, 1.82) is 0 Å². The number of rotatable bonds is 9. The molecule has 0 saturated carbocycles. The van der Waals surface area contributed by atoms with Gasteiger partial charge in [-0.15, -0.1) is 0 Å². The highest BCUT2D eigenvalue weighted by Gasteiger charge is 2.22. The van der Waals surface area contributed by atoms with Crippen LogP contribution in [0.15, 0.2) is 83.7 Å². The number of carbonyl (C=O) groups excluding carboxylic acids is 1. The van der Waals surface area contributed by atoms with Crippen molar-refractivity contribution in [1.82, 2.24) is 9.13 Å². The van der Waals surface area contributed by atoms with Crippen LogP contribution in [0.1, 0.15) is 57.9 Å². The highest BCUT2D eigenvalue weighted by atomic mass is 16.4. The number of carboxylic acid groups (broad SMARTS) is 1. The fourth-order valence-corrected chi connectivity index (χ4v) is 4.65. The van der Waals surface area contributed by atoms with Crippen LogP contribution in [-0.2, 0) is 19.4 Å². The monoisotopic (exact) mass is 496 g/mol. The Kier molecular flexibility index (Phi) is 7.87. The zero-order chi connectivity index (χ0) is 26.5. The maximum Gasteiger partial charge on any atom is 0.336 e. The average Bonchev–Trinajstić information content (AvgIpc) is 3.12. The third-order valence-corrected chi connectivity index (χ3v) is 6.67. The Morgan fingerprint density at radius 2 is 1.51 bits per heavy atom. The normalized spacial score (nSPS) is 11.1. The molecule has 0 bridgehead atoms. The Labute approximate surface area is 216 Å². The summed E-state index contributed by atoms with van der Waals surface area (Å²) >= 11 is 0. The largest absolute Gasteiger partial charge is 0.478 e. The highest BCUT2D eigenvalue weighted by molar-refractivity contribution is 5.96. The highest BCUT2D eigenvalue weighted by Crippen LogP contribution is 2.25. The van der Waals surface area contributed by atoms with E-state index in [0.29, 0.717) is 30.1 Å². The van der Waals surface area contributed by atoms with Crippen molar-refractivity contribution in [2.24, 2.45) is 5.92 Å². The lowest BCUT2D eigenvalue weighted by molar-refractivity contribution is 0.0697. The molecule has 0 amide bonds. The van der Waals surface area contributed by atoms with Crippen molar-refractivity contribution in [3.05, 3.63) is 117 Å². The van der Waals surface area contributed by atoms with Crippen LogP contribution in [0.5, 0.6) is 0 Å². The van der Waals surface area contributed by atoms with E-state index < -0.39 is 5.97 Å². The van der Waals surface area contributed by atoms with E-state index in [4.69, 9.17) is 0 Å². The van der Waals surface area contributed by atoms with Crippen LogP contribution >= 0.6 is 0 Å². The van der Waals surface area contributed by atoms with Gasteiger partial charge in [-0.3, -0.25) is 9.36 Å². The Morgan fingerprint density at radius 1 is 0.865 bits per heavy atom. The molecule has 0 aliphatic carbocycles. The van der Waals surface area contributed by atoms with Crippen LogP contribution in [0.2, 0.25) is 0 Å². The van der Waals surface area contributed by atoms with Gasteiger partial charge in [0.15, 0.2) is 0 Å². The van der Waals surface area contributed by atoms with Crippen molar-refractivity contribution in [3.8, 4) is 11.1 Å². The number of aromatic nitrogens is 2.